The van der Waals surface area contributed by atoms with Gasteiger partial charge in [0.1, 0.15) is 0 Å². The number of para-hydroxylation sites is 1. The quantitative estimate of drug-likeness (QED) is 0.881. The minimum Gasteiger partial charge on any atom is -0.281 e. The molecule has 0 fully saturated rings. The first kappa shape index (κ1) is 13.9. The summed E-state index contributed by atoms with van der Waals surface area (Å²) in [6.07, 6.45) is 0. The summed E-state index contributed by atoms with van der Waals surface area (Å²) >= 11 is 5.79. The predicted molar refractivity (Wildman–Crippen MR) is 74.9 cm³/mol. The molecule has 0 aliphatic rings. The van der Waals surface area contributed by atoms with Crippen molar-refractivity contribution in [3.63, 3.8) is 0 Å². The molecule has 0 unspecified atom stereocenters. The number of anilines is 1. The first-order chi connectivity index (χ1) is 8.98. The zero-order valence-corrected chi connectivity index (χ0v) is 12.2. The van der Waals surface area contributed by atoms with E-state index >= 15 is 0 Å². The largest absolute Gasteiger partial charge is 0.283 e. The molecule has 0 amide bonds. The summed E-state index contributed by atoms with van der Waals surface area (Å²) in [6, 6.07) is 8.82. The molecule has 2 rings (SSSR count). The maximum absolute atomic E-state index is 12.5. The molecule has 0 saturated heterocycles. The Bertz CT molecular complexity index is 668. The maximum Gasteiger partial charge on any atom is 0.283 e. The molecule has 0 saturated carbocycles. The van der Waals surface area contributed by atoms with Gasteiger partial charge in [0.2, 0.25) is 5.03 Å². The summed E-state index contributed by atoms with van der Waals surface area (Å²) in [7, 11) is -2.21. The van der Waals surface area contributed by atoms with E-state index < -0.39 is 10.0 Å². The Hall–Kier alpha value is -1.53. The van der Waals surface area contributed by atoms with Crippen molar-refractivity contribution in [2.75, 3.05) is 11.4 Å². The third kappa shape index (κ3) is 2.46. The predicted octanol–water partition coefficient (Wildman–Crippen LogP) is 2.28. The molecule has 0 radical (unpaired) electrons. The number of hydrogen-bond acceptors (Lipinski definition) is 3. The standard InChI is InChI=1S/C12H14ClN3O2S/c1-9-11(8-13)12(15-14-9)19(17,18)16(2)10-6-4-3-5-7-10/h3-7H,8H2,1-2H3,(H,14,15). The van der Waals surface area contributed by atoms with Gasteiger partial charge in [0.15, 0.2) is 0 Å². The van der Waals surface area contributed by atoms with Gasteiger partial charge in [-0.25, -0.2) is 0 Å². The second-order valence-electron chi connectivity index (χ2n) is 4.07. The molecule has 0 bridgehead atoms. The number of benzene rings is 1. The normalized spacial score (nSPS) is 11.5. The summed E-state index contributed by atoms with van der Waals surface area (Å²) in [5, 5.41) is 6.50. The van der Waals surface area contributed by atoms with Crippen molar-refractivity contribution in [3.8, 4) is 0 Å². The van der Waals surface area contributed by atoms with Crippen LogP contribution in [0.15, 0.2) is 35.4 Å². The number of halogens is 1. The van der Waals surface area contributed by atoms with Crippen molar-refractivity contribution in [1.29, 1.82) is 0 Å². The van der Waals surface area contributed by atoms with Crippen LogP contribution in [0, 0.1) is 6.92 Å². The zero-order chi connectivity index (χ0) is 14.0. The average Bonchev–Trinajstić information content (AvgIpc) is 2.80. The zero-order valence-electron chi connectivity index (χ0n) is 10.6. The third-order valence-corrected chi connectivity index (χ3v) is 4.92. The Morgan fingerprint density at radius 1 is 1.32 bits per heavy atom. The van der Waals surface area contributed by atoms with Gasteiger partial charge in [0.25, 0.3) is 10.0 Å². The van der Waals surface area contributed by atoms with Crippen molar-refractivity contribution in [3.05, 3.63) is 41.6 Å². The van der Waals surface area contributed by atoms with Gasteiger partial charge in [-0.3, -0.25) is 9.40 Å². The summed E-state index contributed by atoms with van der Waals surface area (Å²) in [5.74, 6) is 0.0968. The van der Waals surface area contributed by atoms with Crippen molar-refractivity contribution >= 4 is 27.3 Å². The Labute approximate surface area is 117 Å². The van der Waals surface area contributed by atoms with E-state index in [0.29, 0.717) is 16.9 Å². The van der Waals surface area contributed by atoms with Gasteiger partial charge >= 0.3 is 0 Å². The van der Waals surface area contributed by atoms with Crippen LogP contribution in [0.25, 0.3) is 0 Å². The number of H-pyrrole nitrogens is 1. The van der Waals surface area contributed by atoms with E-state index in [1.807, 2.05) is 6.07 Å². The number of rotatable bonds is 4. The number of aromatic nitrogens is 2. The van der Waals surface area contributed by atoms with Gasteiger partial charge in [-0.05, 0) is 19.1 Å². The molecule has 19 heavy (non-hydrogen) atoms. The fourth-order valence-electron chi connectivity index (χ4n) is 1.71. The molecule has 0 aliphatic carbocycles. The maximum atomic E-state index is 12.5. The van der Waals surface area contributed by atoms with E-state index in [1.165, 1.54) is 11.4 Å². The molecule has 5 nitrogen and oxygen atoms in total. The average molecular weight is 300 g/mol. The van der Waals surface area contributed by atoms with Crippen LogP contribution in [0.2, 0.25) is 0 Å². The monoisotopic (exact) mass is 299 g/mol. The van der Waals surface area contributed by atoms with Crippen LogP contribution in [0.4, 0.5) is 5.69 Å². The van der Waals surface area contributed by atoms with E-state index in [0.717, 1.165) is 0 Å². The minimum absolute atomic E-state index is 0.0219. The molecule has 1 aromatic heterocycles. The second-order valence-corrected chi connectivity index (χ2v) is 6.23. The number of hydrogen-bond donors (Lipinski definition) is 1. The first-order valence-corrected chi connectivity index (χ1v) is 7.59. The van der Waals surface area contributed by atoms with Crippen LogP contribution in [-0.4, -0.2) is 25.7 Å². The van der Waals surface area contributed by atoms with Crippen molar-refractivity contribution in [2.45, 2.75) is 17.8 Å². The Morgan fingerprint density at radius 2 is 1.95 bits per heavy atom. The molecule has 1 heterocycles. The van der Waals surface area contributed by atoms with E-state index in [1.54, 1.807) is 31.2 Å². The van der Waals surface area contributed by atoms with Crippen LogP contribution in [0.5, 0.6) is 0 Å². The van der Waals surface area contributed by atoms with Crippen molar-refractivity contribution < 1.29 is 8.42 Å². The molecule has 1 aromatic carbocycles. The lowest BCUT2D eigenvalue weighted by atomic mass is 10.3. The van der Waals surface area contributed by atoms with Crippen molar-refractivity contribution in [2.24, 2.45) is 0 Å². The molecule has 7 heteroatoms. The molecule has 1 N–H and O–H groups in total. The summed E-state index contributed by atoms with van der Waals surface area (Å²) in [5.41, 5.74) is 1.74. The van der Waals surface area contributed by atoms with Gasteiger partial charge in [0.05, 0.1) is 11.6 Å². The number of nitrogens with one attached hydrogen (secondary N) is 1. The van der Waals surface area contributed by atoms with Crippen LogP contribution in [0.1, 0.15) is 11.3 Å². The molecule has 0 aliphatic heterocycles. The van der Waals surface area contributed by atoms with Gasteiger partial charge in [-0.1, -0.05) is 18.2 Å². The first-order valence-electron chi connectivity index (χ1n) is 5.62. The van der Waals surface area contributed by atoms with Crippen molar-refractivity contribution in [1.82, 2.24) is 10.2 Å². The highest BCUT2D eigenvalue weighted by Crippen LogP contribution is 2.25. The van der Waals surface area contributed by atoms with E-state index in [-0.39, 0.29) is 10.9 Å². The Balaban J connectivity index is 2.48. The third-order valence-electron chi connectivity index (χ3n) is 2.89. The number of nitrogens with zero attached hydrogens (tertiary/aromatic N) is 2. The number of alkyl halides is 1. The number of aryl methyl sites for hydroxylation is 1. The fourth-order valence-corrected chi connectivity index (χ4v) is 3.47. The lowest BCUT2D eigenvalue weighted by molar-refractivity contribution is 0.589. The summed E-state index contributed by atoms with van der Waals surface area (Å²) < 4.78 is 26.2. The Morgan fingerprint density at radius 3 is 2.53 bits per heavy atom. The summed E-state index contributed by atoms with van der Waals surface area (Å²) in [4.78, 5) is 0. The van der Waals surface area contributed by atoms with Gasteiger partial charge in [-0.15, -0.1) is 11.6 Å². The molecule has 102 valence electrons. The van der Waals surface area contributed by atoms with Crippen LogP contribution >= 0.6 is 11.6 Å². The van der Waals surface area contributed by atoms with Gasteiger partial charge in [0, 0.05) is 18.3 Å². The topological polar surface area (TPSA) is 66.1 Å². The fraction of sp³-hybridized carbons (Fsp3) is 0.250. The second kappa shape index (κ2) is 5.22. The summed E-state index contributed by atoms with van der Waals surface area (Å²) in [6.45, 7) is 1.74. The number of sulfonamides is 1. The van der Waals surface area contributed by atoms with Crippen LogP contribution < -0.4 is 4.31 Å². The molecular formula is C12H14ClN3O2S. The lowest BCUT2D eigenvalue weighted by Gasteiger charge is -2.18. The number of aromatic amines is 1. The van der Waals surface area contributed by atoms with Gasteiger partial charge in [-0.2, -0.15) is 13.5 Å². The van der Waals surface area contributed by atoms with Crippen LogP contribution in [-0.2, 0) is 15.9 Å². The Kier molecular flexibility index (Phi) is 3.82. The SMILES string of the molecule is Cc1[nH]nc(S(=O)(=O)N(C)c2ccccc2)c1CCl. The van der Waals surface area contributed by atoms with E-state index in [2.05, 4.69) is 10.2 Å². The van der Waals surface area contributed by atoms with E-state index in [4.69, 9.17) is 11.6 Å². The molecular weight excluding hydrogens is 286 g/mol. The highest BCUT2D eigenvalue weighted by Gasteiger charge is 2.28. The minimum atomic E-state index is -3.71. The smallest absolute Gasteiger partial charge is 0.281 e. The molecule has 0 spiro atoms. The lowest BCUT2D eigenvalue weighted by Crippen LogP contribution is -2.27. The van der Waals surface area contributed by atoms with E-state index in [9.17, 15) is 8.42 Å². The highest BCUT2D eigenvalue weighted by molar-refractivity contribution is 7.92. The molecule has 0 atom stereocenters. The highest BCUT2D eigenvalue weighted by atomic mass is 35.5. The van der Waals surface area contributed by atoms with Gasteiger partial charge < -0.3 is 0 Å². The molecule has 2 aromatic rings. The van der Waals surface area contributed by atoms with Crippen LogP contribution in [0.3, 0.4) is 0 Å².